The molecule has 0 spiro atoms. The van der Waals surface area contributed by atoms with Gasteiger partial charge in [0, 0.05) is 0 Å². The topological polar surface area (TPSA) is 27.7 Å². The minimum absolute atomic E-state index is 0.725. The molecule has 0 aliphatic heterocycles. The van der Waals surface area contributed by atoms with E-state index >= 15 is 0 Å². The predicted molar refractivity (Wildman–Crippen MR) is 101 cm³/mol. The van der Waals surface area contributed by atoms with E-state index < -0.39 is 0 Å². The van der Waals surface area contributed by atoms with Crippen molar-refractivity contribution in [3.8, 4) is 17.2 Å². The van der Waals surface area contributed by atoms with E-state index in [9.17, 15) is 0 Å². The first-order valence-electron chi connectivity index (χ1n) is 9.15. The molecular weight excluding hydrogens is 300 g/mol. The average molecular weight is 330 g/mol. The van der Waals surface area contributed by atoms with Crippen LogP contribution in [-0.4, -0.2) is 20.3 Å². The van der Waals surface area contributed by atoms with Gasteiger partial charge in [-0.25, -0.2) is 0 Å². The van der Waals surface area contributed by atoms with Gasteiger partial charge in [-0.15, -0.1) is 0 Å². The molecule has 0 radical (unpaired) electrons. The quantitative estimate of drug-likeness (QED) is 0.474. The Morgan fingerprint density at radius 1 is 0.708 bits per heavy atom. The fourth-order valence-corrected chi connectivity index (χ4v) is 2.67. The van der Waals surface area contributed by atoms with Gasteiger partial charge in [-0.1, -0.05) is 45.6 Å². The highest BCUT2D eigenvalue weighted by Crippen LogP contribution is 2.34. The molecule has 132 valence electrons. The van der Waals surface area contributed by atoms with Crippen molar-refractivity contribution >= 4 is 10.8 Å². The number of hydrogen-bond acceptors (Lipinski definition) is 3. The lowest BCUT2D eigenvalue weighted by atomic mass is 10.1. The predicted octanol–water partition coefficient (Wildman–Crippen LogP) is 5.99. The van der Waals surface area contributed by atoms with Crippen molar-refractivity contribution < 1.29 is 14.2 Å². The van der Waals surface area contributed by atoms with Crippen LogP contribution in [0.4, 0.5) is 0 Å². The lowest BCUT2D eigenvalue weighted by Crippen LogP contribution is -2.00. The normalized spacial score (nSPS) is 10.8. The van der Waals surface area contributed by atoms with Gasteiger partial charge in [0.1, 0.15) is 5.75 Å². The molecule has 3 heteroatoms. The molecule has 2 rings (SSSR count). The largest absolute Gasteiger partial charge is 0.494 e. The van der Waals surface area contributed by atoms with E-state index in [-0.39, 0.29) is 0 Å². The molecule has 0 saturated carbocycles. The minimum Gasteiger partial charge on any atom is -0.494 e. The maximum atomic E-state index is 5.93. The van der Waals surface area contributed by atoms with Crippen molar-refractivity contribution in [1.82, 2.24) is 0 Å². The smallest absolute Gasteiger partial charge is 0.161 e. The fraction of sp³-hybridized carbons (Fsp3) is 0.524. The molecule has 2 aromatic carbocycles. The number of methoxy groups -OCH3 is 1. The van der Waals surface area contributed by atoms with Gasteiger partial charge < -0.3 is 14.2 Å². The summed E-state index contributed by atoms with van der Waals surface area (Å²) in [6.07, 6.45) is 6.96. The van der Waals surface area contributed by atoms with Crippen molar-refractivity contribution in [3.63, 3.8) is 0 Å². The molecule has 0 amide bonds. The second-order valence-electron chi connectivity index (χ2n) is 6.12. The summed E-state index contributed by atoms with van der Waals surface area (Å²) in [4.78, 5) is 0. The van der Waals surface area contributed by atoms with Gasteiger partial charge in [0.25, 0.3) is 0 Å². The van der Waals surface area contributed by atoms with Crippen LogP contribution < -0.4 is 14.2 Å². The second-order valence-corrected chi connectivity index (χ2v) is 6.12. The number of ether oxygens (including phenoxy) is 3. The number of unbranched alkanes of at least 4 members (excludes halogenated alkanes) is 4. The second kappa shape index (κ2) is 10.1. The summed E-state index contributed by atoms with van der Waals surface area (Å²) in [5, 5.41) is 2.25. The Labute approximate surface area is 145 Å². The third-order valence-corrected chi connectivity index (χ3v) is 4.12. The van der Waals surface area contributed by atoms with Crippen LogP contribution >= 0.6 is 0 Å². The zero-order valence-electron chi connectivity index (χ0n) is 15.3. The van der Waals surface area contributed by atoms with Crippen molar-refractivity contribution in [1.29, 1.82) is 0 Å². The Hall–Kier alpha value is -1.90. The van der Waals surface area contributed by atoms with E-state index in [1.165, 1.54) is 25.7 Å². The van der Waals surface area contributed by atoms with Crippen LogP contribution in [-0.2, 0) is 0 Å². The summed E-state index contributed by atoms with van der Waals surface area (Å²) in [6.45, 7) is 5.89. The monoisotopic (exact) mass is 330 g/mol. The molecule has 0 fully saturated rings. The SMILES string of the molecule is CCCCCOc1ccc2cc(OC)c(OCCCCC)cc2c1. The van der Waals surface area contributed by atoms with Crippen molar-refractivity contribution in [3.05, 3.63) is 30.3 Å². The third-order valence-electron chi connectivity index (χ3n) is 4.12. The molecular formula is C21H30O3. The maximum absolute atomic E-state index is 5.93. The highest BCUT2D eigenvalue weighted by atomic mass is 16.5. The van der Waals surface area contributed by atoms with E-state index in [0.717, 1.165) is 54.1 Å². The Morgan fingerprint density at radius 3 is 2.04 bits per heavy atom. The number of rotatable bonds is 11. The first kappa shape index (κ1) is 18.4. The van der Waals surface area contributed by atoms with Crippen LogP contribution in [0.1, 0.15) is 52.4 Å². The number of hydrogen-bond donors (Lipinski definition) is 0. The van der Waals surface area contributed by atoms with E-state index in [0.29, 0.717) is 0 Å². The maximum Gasteiger partial charge on any atom is 0.161 e. The molecule has 2 aromatic rings. The molecule has 0 N–H and O–H groups in total. The summed E-state index contributed by atoms with van der Waals surface area (Å²) in [5.74, 6) is 2.51. The molecule has 3 nitrogen and oxygen atoms in total. The molecule has 0 unspecified atom stereocenters. The van der Waals surface area contributed by atoms with E-state index in [1.807, 2.05) is 12.1 Å². The third kappa shape index (κ3) is 5.33. The molecule has 0 bridgehead atoms. The summed E-state index contributed by atoms with van der Waals surface area (Å²) in [7, 11) is 1.69. The van der Waals surface area contributed by atoms with Crippen molar-refractivity contribution in [2.24, 2.45) is 0 Å². The molecule has 0 heterocycles. The highest BCUT2D eigenvalue weighted by Gasteiger charge is 2.08. The van der Waals surface area contributed by atoms with Gasteiger partial charge in [0.05, 0.1) is 20.3 Å². The van der Waals surface area contributed by atoms with E-state index in [1.54, 1.807) is 7.11 Å². The van der Waals surface area contributed by atoms with Crippen LogP contribution in [0, 0.1) is 0 Å². The molecule has 0 atom stereocenters. The molecule has 0 saturated heterocycles. The standard InChI is InChI=1S/C21H30O3/c1-4-6-8-12-23-19-11-10-17-15-20(22-3)21(16-18(17)14-19)24-13-9-7-5-2/h10-11,14-16H,4-9,12-13H2,1-3H3. The van der Waals surface area contributed by atoms with Crippen molar-refractivity contribution in [2.45, 2.75) is 52.4 Å². The minimum atomic E-state index is 0.725. The van der Waals surface area contributed by atoms with Crippen LogP contribution in [0.25, 0.3) is 10.8 Å². The molecule has 0 aliphatic rings. The summed E-state index contributed by atoms with van der Waals surface area (Å²) in [6, 6.07) is 10.3. The fourth-order valence-electron chi connectivity index (χ4n) is 2.67. The van der Waals surface area contributed by atoms with Gasteiger partial charge in [-0.05, 0) is 47.9 Å². The number of fused-ring (bicyclic) bond motifs is 1. The average Bonchev–Trinajstić information content (AvgIpc) is 2.61. The van der Waals surface area contributed by atoms with Gasteiger partial charge >= 0.3 is 0 Å². The Balaban J connectivity index is 2.11. The van der Waals surface area contributed by atoms with Crippen LogP contribution in [0.3, 0.4) is 0 Å². The van der Waals surface area contributed by atoms with Crippen molar-refractivity contribution in [2.75, 3.05) is 20.3 Å². The van der Waals surface area contributed by atoms with Gasteiger partial charge in [-0.2, -0.15) is 0 Å². The molecule has 0 aromatic heterocycles. The Kier molecular flexibility index (Phi) is 7.73. The molecule has 0 aliphatic carbocycles. The van der Waals surface area contributed by atoms with Crippen LogP contribution in [0.2, 0.25) is 0 Å². The first-order chi connectivity index (χ1) is 11.8. The lowest BCUT2D eigenvalue weighted by Gasteiger charge is -2.13. The highest BCUT2D eigenvalue weighted by molar-refractivity contribution is 5.87. The Morgan fingerprint density at radius 2 is 1.38 bits per heavy atom. The number of benzene rings is 2. The van der Waals surface area contributed by atoms with Gasteiger partial charge in [0.15, 0.2) is 11.5 Å². The van der Waals surface area contributed by atoms with Gasteiger partial charge in [-0.3, -0.25) is 0 Å². The van der Waals surface area contributed by atoms with Crippen LogP contribution in [0.15, 0.2) is 30.3 Å². The summed E-state index contributed by atoms with van der Waals surface area (Å²) < 4.78 is 17.3. The zero-order valence-corrected chi connectivity index (χ0v) is 15.3. The first-order valence-corrected chi connectivity index (χ1v) is 9.15. The lowest BCUT2D eigenvalue weighted by molar-refractivity contribution is 0.286. The Bertz CT molecular complexity index is 622. The summed E-state index contributed by atoms with van der Waals surface area (Å²) in [5.41, 5.74) is 0. The zero-order chi connectivity index (χ0) is 17.2. The van der Waals surface area contributed by atoms with E-state index in [2.05, 4.69) is 32.0 Å². The van der Waals surface area contributed by atoms with Crippen LogP contribution in [0.5, 0.6) is 17.2 Å². The van der Waals surface area contributed by atoms with E-state index in [4.69, 9.17) is 14.2 Å². The summed E-state index contributed by atoms with van der Waals surface area (Å²) >= 11 is 0. The van der Waals surface area contributed by atoms with Gasteiger partial charge in [0.2, 0.25) is 0 Å². The molecule has 24 heavy (non-hydrogen) atoms.